The molecule has 8 heteroatoms. The van der Waals surface area contributed by atoms with Crippen molar-refractivity contribution in [1.29, 1.82) is 0 Å². The van der Waals surface area contributed by atoms with Crippen molar-refractivity contribution in [3.05, 3.63) is 80.7 Å². The van der Waals surface area contributed by atoms with Gasteiger partial charge in [0.25, 0.3) is 5.56 Å². The van der Waals surface area contributed by atoms with Gasteiger partial charge in [-0.25, -0.2) is 4.98 Å². The second-order valence-electron chi connectivity index (χ2n) is 7.44. The number of rotatable bonds is 8. The van der Waals surface area contributed by atoms with Crippen LogP contribution in [-0.4, -0.2) is 34.3 Å². The fourth-order valence-electron chi connectivity index (χ4n) is 3.50. The quantitative estimate of drug-likeness (QED) is 0.543. The standard InChI is InChI=1S/C24H26ClN3O4/c1-15(17-7-9-20(32-3)10-8-17)26-22(30)14-28-23(18-5-4-6-19(25)13-18)27-16(2)21(11-12-29)24(28)31/h4-10,13,15,29H,11-12,14H2,1-3H3,(H,26,30). The van der Waals surface area contributed by atoms with Crippen LogP contribution in [0.5, 0.6) is 5.75 Å². The van der Waals surface area contributed by atoms with E-state index in [-0.39, 0.29) is 37.1 Å². The van der Waals surface area contributed by atoms with E-state index in [9.17, 15) is 14.7 Å². The molecule has 0 bridgehead atoms. The number of nitrogens with zero attached hydrogens (tertiary/aromatic N) is 2. The fourth-order valence-corrected chi connectivity index (χ4v) is 3.69. The predicted octanol–water partition coefficient (Wildman–Crippen LogP) is 3.29. The Labute approximate surface area is 191 Å². The van der Waals surface area contributed by atoms with E-state index in [1.807, 2.05) is 31.2 Å². The average Bonchev–Trinajstić information content (AvgIpc) is 2.78. The number of methoxy groups -OCH3 is 1. The fraction of sp³-hybridized carbons (Fsp3) is 0.292. The molecule has 1 heterocycles. The number of carbonyl (C=O) groups excluding carboxylic acids is 1. The van der Waals surface area contributed by atoms with Crippen molar-refractivity contribution in [3.8, 4) is 17.1 Å². The van der Waals surface area contributed by atoms with Gasteiger partial charge >= 0.3 is 0 Å². The van der Waals surface area contributed by atoms with Gasteiger partial charge in [0.05, 0.1) is 13.2 Å². The van der Waals surface area contributed by atoms with E-state index in [4.69, 9.17) is 16.3 Å². The van der Waals surface area contributed by atoms with Crippen LogP contribution in [0.4, 0.5) is 0 Å². The van der Waals surface area contributed by atoms with Crippen LogP contribution in [0.3, 0.4) is 0 Å². The first-order valence-corrected chi connectivity index (χ1v) is 10.6. The Morgan fingerprint density at radius 2 is 1.97 bits per heavy atom. The number of aliphatic hydroxyl groups is 1. The summed E-state index contributed by atoms with van der Waals surface area (Å²) >= 11 is 6.14. The molecule has 1 atom stereocenters. The Balaban J connectivity index is 1.93. The Morgan fingerprint density at radius 1 is 1.25 bits per heavy atom. The normalized spacial score (nSPS) is 11.8. The number of halogens is 1. The molecule has 3 aromatic rings. The summed E-state index contributed by atoms with van der Waals surface area (Å²) in [5, 5.41) is 12.8. The zero-order valence-corrected chi connectivity index (χ0v) is 19.0. The number of hydrogen-bond acceptors (Lipinski definition) is 5. The van der Waals surface area contributed by atoms with Crippen LogP contribution >= 0.6 is 11.6 Å². The minimum absolute atomic E-state index is 0.164. The molecule has 7 nitrogen and oxygen atoms in total. The van der Waals surface area contributed by atoms with Crippen LogP contribution in [0.25, 0.3) is 11.4 Å². The minimum atomic E-state index is -0.353. The van der Waals surface area contributed by atoms with Gasteiger partial charge in [0.2, 0.25) is 5.91 Å². The lowest BCUT2D eigenvalue weighted by atomic mass is 10.1. The molecule has 1 amide bonds. The molecule has 0 radical (unpaired) electrons. The van der Waals surface area contributed by atoms with Gasteiger partial charge in [0.1, 0.15) is 18.1 Å². The van der Waals surface area contributed by atoms with Crippen molar-refractivity contribution in [2.24, 2.45) is 0 Å². The number of amides is 1. The van der Waals surface area contributed by atoms with Gasteiger partial charge in [-0.15, -0.1) is 0 Å². The molecule has 0 spiro atoms. The number of nitrogens with one attached hydrogen (secondary N) is 1. The number of benzene rings is 2. The molecule has 3 rings (SSSR count). The van der Waals surface area contributed by atoms with Crippen molar-refractivity contribution in [2.75, 3.05) is 13.7 Å². The van der Waals surface area contributed by atoms with E-state index in [1.165, 1.54) is 4.57 Å². The first kappa shape index (κ1) is 23.5. The molecule has 0 saturated heterocycles. The van der Waals surface area contributed by atoms with Crippen LogP contribution in [0.1, 0.15) is 29.8 Å². The summed E-state index contributed by atoms with van der Waals surface area (Å²) in [6.45, 7) is 3.18. The van der Waals surface area contributed by atoms with Crippen LogP contribution < -0.4 is 15.6 Å². The zero-order valence-electron chi connectivity index (χ0n) is 18.3. The van der Waals surface area contributed by atoms with Gasteiger partial charge in [0.15, 0.2) is 0 Å². The third-order valence-electron chi connectivity index (χ3n) is 5.21. The second kappa shape index (κ2) is 10.4. The molecule has 0 aliphatic carbocycles. The molecule has 0 aliphatic rings. The topological polar surface area (TPSA) is 93.4 Å². The summed E-state index contributed by atoms with van der Waals surface area (Å²) in [7, 11) is 1.59. The predicted molar refractivity (Wildman–Crippen MR) is 124 cm³/mol. The lowest BCUT2D eigenvalue weighted by Gasteiger charge is -2.18. The SMILES string of the molecule is COc1ccc(C(C)NC(=O)Cn2c(-c3cccc(Cl)c3)nc(C)c(CCO)c2=O)cc1. The lowest BCUT2D eigenvalue weighted by molar-refractivity contribution is -0.122. The number of ether oxygens (including phenoxy) is 1. The lowest BCUT2D eigenvalue weighted by Crippen LogP contribution is -2.36. The largest absolute Gasteiger partial charge is 0.497 e. The van der Waals surface area contributed by atoms with E-state index in [0.717, 1.165) is 11.3 Å². The summed E-state index contributed by atoms with van der Waals surface area (Å²) in [5.41, 5.74) is 2.08. The molecule has 168 valence electrons. The summed E-state index contributed by atoms with van der Waals surface area (Å²) in [6, 6.07) is 14.1. The van der Waals surface area contributed by atoms with E-state index >= 15 is 0 Å². The minimum Gasteiger partial charge on any atom is -0.497 e. The first-order valence-electron chi connectivity index (χ1n) is 10.2. The number of aromatic nitrogens is 2. The van der Waals surface area contributed by atoms with E-state index in [2.05, 4.69) is 10.3 Å². The molecule has 0 saturated carbocycles. The summed E-state index contributed by atoms with van der Waals surface area (Å²) in [4.78, 5) is 30.7. The third-order valence-corrected chi connectivity index (χ3v) is 5.44. The molecule has 0 aliphatic heterocycles. The summed E-state index contributed by atoms with van der Waals surface area (Å²) in [6.07, 6.45) is 0.164. The highest BCUT2D eigenvalue weighted by atomic mass is 35.5. The van der Waals surface area contributed by atoms with E-state index < -0.39 is 0 Å². The Morgan fingerprint density at radius 3 is 2.59 bits per heavy atom. The second-order valence-corrected chi connectivity index (χ2v) is 7.87. The molecule has 32 heavy (non-hydrogen) atoms. The molecular weight excluding hydrogens is 430 g/mol. The van der Waals surface area contributed by atoms with Crippen molar-refractivity contribution >= 4 is 17.5 Å². The van der Waals surface area contributed by atoms with Gasteiger partial charge < -0.3 is 15.2 Å². The maximum atomic E-state index is 13.2. The van der Waals surface area contributed by atoms with Gasteiger partial charge in [-0.1, -0.05) is 35.9 Å². The zero-order chi connectivity index (χ0) is 23.3. The number of aliphatic hydroxyl groups excluding tert-OH is 1. The summed E-state index contributed by atoms with van der Waals surface area (Å²) in [5.74, 6) is 0.746. The smallest absolute Gasteiger partial charge is 0.257 e. The van der Waals surface area contributed by atoms with Gasteiger partial charge in [0, 0.05) is 34.9 Å². The Kier molecular flexibility index (Phi) is 7.66. The number of carbonyl (C=O) groups is 1. The molecule has 1 unspecified atom stereocenters. The molecule has 2 aromatic carbocycles. The highest BCUT2D eigenvalue weighted by molar-refractivity contribution is 6.30. The van der Waals surface area contributed by atoms with E-state index in [0.29, 0.717) is 27.7 Å². The highest BCUT2D eigenvalue weighted by Gasteiger charge is 2.19. The van der Waals surface area contributed by atoms with Crippen molar-refractivity contribution in [1.82, 2.24) is 14.9 Å². The van der Waals surface area contributed by atoms with Crippen LogP contribution in [0.15, 0.2) is 53.3 Å². The Hall–Kier alpha value is -3.16. The van der Waals surface area contributed by atoms with Gasteiger partial charge in [-0.05, 0) is 43.7 Å². The van der Waals surface area contributed by atoms with E-state index in [1.54, 1.807) is 38.3 Å². The van der Waals surface area contributed by atoms with Crippen LogP contribution in [0, 0.1) is 6.92 Å². The molecule has 2 N–H and O–H groups in total. The maximum Gasteiger partial charge on any atom is 0.257 e. The molecule has 0 fully saturated rings. The first-order chi connectivity index (χ1) is 15.3. The number of aryl methyl sites for hydroxylation is 1. The monoisotopic (exact) mass is 455 g/mol. The maximum absolute atomic E-state index is 13.2. The average molecular weight is 456 g/mol. The van der Waals surface area contributed by atoms with Crippen LogP contribution in [-0.2, 0) is 17.8 Å². The van der Waals surface area contributed by atoms with Crippen molar-refractivity contribution in [2.45, 2.75) is 32.9 Å². The summed E-state index contributed by atoms with van der Waals surface area (Å²) < 4.78 is 6.50. The number of hydrogen-bond donors (Lipinski definition) is 2. The molecular formula is C24H26ClN3O4. The van der Waals surface area contributed by atoms with Gasteiger partial charge in [-0.2, -0.15) is 0 Å². The highest BCUT2D eigenvalue weighted by Crippen LogP contribution is 2.22. The molecule has 1 aromatic heterocycles. The third kappa shape index (κ3) is 5.36. The van der Waals surface area contributed by atoms with Crippen LogP contribution in [0.2, 0.25) is 5.02 Å². The van der Waals surface area contributed by atoms with Crippen molar-refractivity contribution < 1.29 is 14.6 Å². The Bertz CT molecular complexity index is 1160. The van der Waals surface area contributed by atoms with Crippen molar-refractivity contribution in [3.63, 3.8) is 0 Å². The van der Waals surface area contributed by atoms with Gasteiger partial charge in [-0.3, -0.25) is 14.2 Å².